The molecule has 1 N–H and O–H groups in total. The summed E-state index contributed by atoms with van der Waals surface area (Å²) in [4.78, 5) is 14.7. The average molecular weight is 245 g/mol. The maximum absolute atomic E-state index is 11.8. The highest BCUT2D eigenvalue weighted by Gasteiger charge is 2.03. The molecule has 0 saturated carbocycles. The molecule has 0 aliphatic heterocycles. The molecule has 84 valence electrons. The molecule has 0 saturated heterocycles. The van der Waals surface area contributed by atoms with Gasteiger partial charge in [-0.2, -0.15) is 0 Å². The number of aromatic amines is 1. The highest BCUT2D eigenvalue weighted by Crippen LogP contribution is 2.20. The molecule has 0 amide bonds. The van der Waals surface area contributed by atoms with E-state index in [2.05, 4.69) is 4.98 Å². The molecule has 2 heterocycles. The third-order valence-corrected chi connectivity index (χ3v) is 2.90. The molecule has 0 aliphatic rings. The Bertz CT molecular complexity index is 742. The molecular weight excluding hydrogens is 236 g/mol. The van der Waals surface area contributed by atoms with Crippen molar-refractivity contribution in [2.45, 2.75) is 0 Å². The van der Waals surface area contributed by atoms with Crippen LogP contribution in [-0.4, -0.2) is 9.38 Å². The zero-order valence-electron chi connectivity index (χ0n) is 8.85. The Hall–Kier alpha value is -2.00. The molecule has 0 aliphatic carbocycles. The standard InChI is InChI=1S/C13H9ClN2O/c14-10-4-1-3-9(7-10)11-8-16-6-2-5-12(16)13(17)15-11/h1-8H,(H,15,17). The van der Waals surface area contributed by atoms with Crippen molar-refractivity contribution in [3.05, 3.63) is 64.2 Å². The van der Waals surface area contributed by atoms with E-state index in [1.165, 1.54) is 0 Å². The Morgan fingerprint density at radius 1 is 1.18 bits per heavy atom. The Morgan fingerprint density at radius 2 is 2.06 bits per heavy atom. The molecule has 0 atom stereocenters. The van der Waals surface area contributed by atoms with Crippen molar-refractivity contribution in [1.29, 1.82) is 0 Å². The topological polar surface area (TPSA) is 37.3 Å². The molecule has 0 bridgehead atoms. The predicted molar refractivity (Wildman–Crippen MR) is 68.5 cm³/mol. The van der Waals surface area contributed by atoms with Crippen molar-refractivity contribution >= 4 is 17.1 Å². The summed E-state index contributed by atoms with van der Waals surface area (Å²) in [7, 11) is 0. The van der Waals surface area contributed by atoms with Gasteiger partial charge in [0, 0.05) is 23.0 Å². The van der Waals surface area contributed by atoms with Gasteiger partial charge in [0.1, 0.15) is 5.52 Å². The maximum Gasteiger partial charge on any atom is 0.272 e. The lowest BCUT2D eigenvalue weighted by Crippen LogP contribution is -2.09. The summed E-state index contributed by atoms with van der Waals surface area (Å²) in [5.41, 5.74) is 2.18. The van der Waals surface area contributed by atoms with Crippen LogP contribution < -0.4 is 5.56 Å². The van der Waals surface area contributed by atoms with E-state index in [1.54, 1.807) is 16.5 Å². The number of fused-ring (bicyclic) bond motifs is 1. The number of benzene rings is 1. The number of H-pyrrole nitrogens is 1. The molecule has 3 rings (SSSR count). The number of nitrogens with zero attached hydrogens (tertiary/aromatic N) is 1. The van der Waals surface area contributed by atoms with E-state index in [1.807, 2.05) is 36.7 Å². The molecule has 4 heteroatoms. The summed E-state index contributed by atoms with van der Waals surface area (Å²) in [5, 5.41) is 0.649. The minimum absolute atomic E-state index is 0.104. The lowest BCUT2D eigenvalue weighted by Gasteiger charge is -2.03. The van der Waals surface area contributed by atoms with Crippen LogP contribution in [0.5, 0.6) is 0 Å². The van der Waals surface area contributed by atoms with E-state index in [0.717, 1.165) is 11.3 Å². The number of hydrogen-bond acceptors (Lipinski definition) is 1. The van der Waals surface area contributed by atoms with E-state index in [0.29, 0.717) is 10.5 Å². The van der Waals surface area contributed by atoms with Gasteiger partial charge in [-0.25, -0.2) is 0 Å². The van der Waals surface area contributed by atoms with E-state index in [9.17, 15) is 4.79 Å². The summed E-state index contributed by atoms with van der Waals surface area (Å²) >= 11 is 5.93. The van der Waals surface area contributed by atoms with Crippen LogP contribution in [0.1, 0.15) is 0 Å². The van der Waals surface area contributed by atoms with Crippen LogP contribution in [0.25, 0.3) is 16.8 Å². The lowest BCUT2D eigenvalue weighted by molar-refractivity contribution is 1.11. The van der Waals surface area contributed by atoms with Gasteiger partial charge in [0.25, 0.3) is 5.56 Å². The van der Waals surface area contributed by atoms with Crippen LogP contribution in [0, 0.1) is 0 Å². The van der Waals surface area contributed by atoms with Crippen molar-refractivity contribution in [2.75, 3.05) is 0 Å². The smallest absolute Gasteiger partial charge is 0.272 e. The normalized spacial score (nSPS) is 10.9. The third kappa shape index (κ3) is 1.74. The fraction of sp³-hybridized carbons (Fsp3) is 0. The monoisotopic (exact) mass is 244 g/mol. The predicted octanol–water partition coefficient (Wildman–Crippen LogP) is 2.95. The fourth-order valence-corrected chi connectivity index (χ4v) is 2.05. The first-order valence-corrected chi connectivity index (χ1v) is 5.58. The highest BCUT2D eigenvalue weighted by atomic mass is 35.5. The number of halogens is 1. The van der Waals surface area contributed by atoms with Crippen LogP contribution in [0.2, 0.25) is 5.02 Å². The van der Waals surface area contributed by atoms with Crippen LogP contribution in [0.15, 0.2) is 53.6 Å². The van der Waals surface area contributed by atoms with Crippen LogP contribution in [0.3, 0.4) is 0 Å². The van der Waals surface area contributed by atoms with Crippen molar-refractivity contribution in [3.8, 4) is 11.3 Å². The first-order valence-electron chi connectivity index (χ1n) is 5.20. The maximum atomic E-state index is 11.8. The molecule has 0 unspecified atom stereocenters. The second kappa shape index (κ2) is 3.79. The summed E-state index contributed by atoms with van der Waals surface area (Å²) in [6, 6.07) is 11.0. The fourth-order valence-electron chi connectivity index (χ4n) is 1.86. The number of hydrogen-bond donors (Lipinski definition) is 1. The Morgan fingerprint density at radius 3 is 2.88 bits per heavy atom. The van der Waals surface area contributed by atoms with Gasteiger partial charge in [0.15, 0.2) is 0 Å². The van der Waals surface area contributed by atoms with Crippen LogP contribution >= 0.6 is 11.6 Å². The molecule has 0 fully saturated rings. The van der Waals surface area contributed by atoms with Gasteiger partial charge >= 0.3 is 0 Å². The van der Waals surface area contributed by atoms with Crippen LogP contribution in [-0.2, 0) is 0 Å². The van der Waals surface area contributed by atoms with Crippen LogP contribution in [0.4, 0.5) is 0 Å². The van der Waals surface area contributed by atoms with Gasteiger partial charge in [0.05, 0.1) is 5.69 Å². The minimum atomic E-state index is -0.104. The summed E-state index contributed by atoms with van der Waals surface area (Å²) in [6.45, 7) is 0. The number of aromatic nitrogens is 2. The molecule has 17 heavy (non-hydrogen) atoms. The first-order chi connectivity index (χ1) is 8.24. The summed E-state index contributed by atoms with van der Waals surface area (Å²) in [5.74, 6) is 0. The average Bonchev–Trinajstić information content (AvgIpc) is 2.77. The van der Waals surface area contributed by atoms with Gasteiger partial charge in [-0.15, -0.1) is 0 Å². The molecule has 2 aromatic heterocycles. The Balaban J connectivity index is 2.27. The summed E-state index contributed by atoms with van der Waals surface area (Å²) < 4.78 is 1.80. The molecule has 3 nitrogen and oxygen atoms in total. The molecule has 0 radical (unpaired) electrons. The summed E-state index contributed by atoms with van der Waals surface area (Å²) in [6.07, 6.45) is 3.72. The van der Waals surface area contributed by atoms with E-state index >= 15 is 0 Å². The largest absolute Gasteiger partial charge is 0.319 e. The van der Waals surface area contributed by atoms with Gasteiger partial charge in [-0.05, 0) is 24.3 Å². The van der Waals surface area contributed by atoms with E-state index in [4.69, 9.17) is 11.6 Å². The lowest BCUT2D eigenvalue weighted by atomic mass is 10.2. The number of rotatable bonds is 1. The van der Waals surface area contributed by atoms with Crippen molar-refractivity contribution in [3.63, 3.8) is 0 Å². The first kappa shape index (κ1) is 10.2. The SMILES string of the molecule is O=c1[nH]c(-c2cccc(Cl)c2)cn2cccc12. The quantitative estimate of drug-likeness (QED) is 0.702. The Labute approximate surface area is 102 Å². The van der Waals surface area contributed by atoms with Gasteiger partial charge < -0.3 is 9.38 Å². The molecular formula is C13H9ClN2O. The molecule has 0 spiro atoms. The Kier molecular flexibility index (Phi) is 2.27. The zero-order chi connectivity index (χ0) is 11.8. The minimum Gasteiger partial charge on any atom is -0.319 e. The van der Waals surface area contributed by atoms with E-state index < -0.39 is 0 Å². The second-order valence-electron chi connectivity index (χ2n) is 3.81. The van der Waals surface area contributed by atoms with Crippen molar-refractivity contribution in [1.82, 2.24) is 9.38 Å². The molecule has 1 aromatic carbocycles. The zero-order valence-corrected chi connectivity index (χ0v) is 9.61. The van der Waals surface area contributed by atoms with Gasteiger partial charge in [0.2, 0.25) is 0 Å². The van der Waals surface area contributed by atoms with Gasteiger partial charge in [-0.1, -0.05) is 23.7 Å². The number of nitrogens with one attached hydrogen (secondary N) is 1. The second-order valence-corrected chi connectivity index (χ2v) is 4.24. The van der Waals surface area contributed by atoms with Crippen molar-refractivity contribution < 1.29 is 0 Å². The van der Waals surface area contributed by atoms with E-state index in [-0.39, 0.29) is 5.56 Å². The highest BCUT2D eigenvalue weighted by molar-refractivity contribution is 6.30. The van der Waals surface area contributed by atoms with Crippen molar-refractivity contribution in [2.24, 2.45) is 0 Å². The third-order valence-electron chi connectivity index (χ3n) is 2.66. The molecule has 3 aromatic rings. The van der Waals surface area contributed by atoms with Gasteiger partial charge in [-0.3, -0.25) is 4.79 Å².